The zero-order valence-electron chi connectivity index (χ0n) is 6.93. The number of hydroxylamine groups is 1. The number of aromatic nitrogens is 1. The molecule has 1 heterocycles. The third-order valence-electron chi connectivity index (χ3n) is 1.28. The number of hydrogen-bond donors (Lipinski definition) is 2. The Morgan fingerprint density at radius 2 is 2.54 bits per heavy atom. The second kappa shape index (κ2) is 5.23. The number of aliphatic hydroxyl groups excluding tert-OH is 1. The van der Waals surface area contributed by atoms with Crippen LogP contribution in [0, 0.1) is 0 Å². The van der Waals surface area contributed by atoms with Crippen LogP contribution in [0.25, 0.3) is 0 Å². The van der Waals surface area contributed by atoms with E-state index in [1.54, 1.807) is 18.3 Å². The number of carbonyl (C=O) groups excluding carboxylic acids is 1. The van der Waals surface area contributed by atoms with Gasteiger partial charge in [0.1, 0.15) is 0 Å². The Balaban J connectivity index is 2.40. The molecule has 2 N–H and O–H groups in total. The molecule has 0 radical (unpaired) electrons. The van der Waals surface area contributed by atoms with Crippen LogP contribution in [0.15, 0.2) is 24.5 Å². The van der Waals surface area contributed by atoms with Crippen molar-refractivity contribution >= 4 is 5.91 Å². The summed E-state index contributed by atoms with van der Waals surface area (Å²) in [6.45, 7) is -0.0562. The molecule has 0 aliphatic rings. The van der Waals surface area contributed by atoms with Crippen LogP contribution in [0.3, 0.4) is 0 Å². The van der Waals surface area contributed by atoms with Crippen LogP contribution < -0.4 is 5.48 Å². The van der Waals surface area contributed by atoms with Crippen molar-refractivity contribution in [1.29, 1.82) is 0 Å². The van der Waals surface area contributed by atoms with Gasteiger partial charge >= 0.3 is 0 Å². The first-order valence-corrected chi connectivity index (χ1v) is 3.77. The fourth-order valence-electron chi connectivity index (χ4n) is 0.718. The zero-order valence-corrected chi connectivity index (χ0v) is 6.93. The standard InChI is InChI=1S/C8H10N2O3/c11-4-5-13-10-8(12)7-2-1-3-9-6-7/h1-3,6,11H,4-5H2,(H,10,12). The second-order valence-electron chi connectivity index (χ2n) is 2.24. The predicted molar refractivity (Wildman–Crippen MR) is 44.7 cm³/mol. The Morgan fingerprint density at radius 1 is 1.69 bits per heavy atom. The molecule has 0 fully saturated rings. The van der Waals surface area contributed by atoms with Gasteiger partial charge in [-0.1, -0.05) is 0 Å². The first kappa shape index (κ1) is 9.63. The molecule has 0 bridgehead atoms. The molecule has 1 amide bonds. The number of pyridine rings is 1. The maximum atomic E-state index is 11.2. The molecule has 5 nitrogen and oxygen atoms in total. The van der Waals surface area contributed by atoms with Crippen molar-refractivity contribution in [2.24, 2.45) is 0 Å². The number of rotatable bonds is 4. The van der Waals surface area contributed by atoms with Crippen LogP contribution in [0.5, 0.6) is 0 Å². The number of nitrogens with one attached hydrogen (secondary N) is 1. The molecule has 0 aromatic carbocycles. The molecule has 1 aromatic heterocycles. The summed E-state index contributed by atoms with van der Waals surface area (Å²) in [5, 5.41) is 8.36. The molecule has 1 rings (SSSR count). The molecule has 70 valence electrons. The van der Waals surface area contributed by atoms with Crippen LogP contribution >= 0.6 is 0 Å². The van der Waals surface area contributed by atoms with E-state index in [9.17, 15) is 4.79 Å². The molecular weight excluding hydrogens is 172 g/mol. The minimum atomic E-state index is -0.374. The van der Waals surface area contributed by atoms with Crippen LogP contribution in [0.4, 0.5) is 0 Å². The fourth-order valence-corrected chi connectivity index (χ4v) is 0.718. The monoisotopic (exact) mass is 182 g/mol. The van der Waals surface area contributed by atoms with Gasteiger partial charge in [-0.3, -0.25) is 14.6 Å². The van der Waals surface area contributed by atoms with E-state index in [4.69, 9.17) is 5.11 Å². The Hall–Kier alpha value is -1.46. The van der Waals surface area contributed by atoms with Crippen molar-refractivity contribution in [3.05, 3.63) is 30.1 Å². The molecule has 0 unspecified atom stereocenters. The third kappa shape index (κ3) is 3.18. The summed E-state index contributed by atoms with van der Waals surface area (Å²) in [5.74, 6) is -0.374. The molecule has 0 aliphatic heterocycles. The number of nitrogens with zero attached hydrogens (tertiary/aromatic N) is 1. The van der Waals surface area contributed by atoms with Gasteiger partial charge in [0.05, 0.1) is 18.8 Å². The summed E-state index contributed by atoms with van der Waals surface area (Å²) in [6, 6.07) is 3.27. The lowest BCUT2D eigenvalue weighted by Gasteiger charge is -2.02. The van der Waals surface area contributed by atoms with Crippen LogP contribution in [-0.4, -0.2) is 29.2 Å². The highest BCUT2D eigenvalue weighted by Crippen LogP contribution is 1.94. The summed E-state index contributed by atoms with van der Waals surface area (Å²) >= 11 is 0. The Morgan fingerprint density at radius 3 is 3.15 bits per heavy atom. The van der Waals surface area contributed by atoms with Crippen molar-refractivity contribution in [1.82, 2.24) is 10.5 Å². The molecule has 5 heteroatoms. The summed E-state index contributed by atoms with van der Waals surface area (Å²) in [7, 11) is 0. The molecule has 13 heavy (non-hydrogen) atoms. The van der Waals surface area contributed by atoms with Crippen LogP contribution in [0.2, 0.25) is 0 Å². The van der Waals surface area contributed by atoms with Gasteiger partial charge in [-0.2, -0.15) is 0 Å². The van der Waals surface area contributed by atoms with E-state index in [-0.39, 0.29) is 19.1 Å². The minimum Gasteiger partial charge on any atom is -0.394 e. The first-order chi connectivity index (χ1) is 6.34. The average molecular weight is 182 g/mol. The maximum absolute atomic E-state index is 11.2. The fraction of sp³-hybridized carbons (Fsp3) is 0.250. The summed E-state index contributed by atoms with van der Waals surface area (Å²) in [5.41, 5.74) is 2.58. The molecule has 0 atom stereocenters. The Bertz CT molecular complexity index is 263. The highest BCUT2D eigenvalue weighted by Gasteiger charge is 2.03. The van der Waals surface area contributed by atoms with Crippen molar-refractivity contribution in [2.75, 3.05) is 13.2 Å². The quantitative estimate of drug-likeness (QED) is 0.497. The van der Waals surface area contributed by atoms with Gasteiger partial charge in [0.25, 0.3) is 5.91 Å². The smallest absolute Gasteiger partial charge is 0.276 e. The Kier molecular flexibility index (Phi) is 3.87. The van der Waals surface area contributed by atoms with E-state index in [0.717, 1.165) is 0 Å². The SMILES string of the molecule is O=C(NOCCO)c1cccnc1. The topological polar surface area (TPSA) is 71.5 Å². The molecule has 0 aliphatic carbocycles. The number of aliphatic hydroxyl groups is 1. The molecule has 0 saturated heterocycles. The van der Waals surface area contributed by atoms with Crippen LogP contribution in [-0.2, 0) is 4.84 Å². The van der Waals surface area contributed by atoms with Crippen molar-refractivity contribution in [3.63, 3.8) is 0 Å². The number of hydrogen-bond acceptors (Lipinski definition) is 4. The van der Waals surface area contributed by atoms with Gasteiger partial charge in [-0.15, -0.1) is 0 Å². The highest BCUT2D eigenvalue weighted by atomic mass is 16.7. The van der Waals surface area contributed by atoms with Gasteiger partial charge in [-0.25, -0.2) is 5.48 Å². The largest absolute Gasteiger partial charge is 0.394 e. The number of carbonyl (C=O) groups is 1. The highest BCUT2D eigenvalue weighted by molar-refractivity contribution is 5.92. The molecule has 0 saturated carbocycles. The second-order valence-corrected chi connectivity index (χ2v) is 2.24. The minimum absolute atomic E-state index is 0.0754. The van der Waals surface area contributed by atoms with Gasteiger partial charge in [0.2, 0.25) is 0 Å². The van der Waals surface area contributed by atoms with Crippen LogP contribution in [0.1, 0.15) is 10.4 Å². The lowest BCUT2D eigenvalue weighted by atomic mass is 10.3. The van der Waals surface area contributed by atoms with Gasteiger partial charge in [0.15, 0.2) is 0 Å². The van der Waals surface area contributed by atoms with Crippen molar-refractivity contribution in [3.8, 4) is 0 Å². The van der Waals surface area contributed by atoms with E-state index in [1.807, 2.05) is 0 Å². The van der Waals surface area contributed by atoms with E-state index in [1.165, 1.54) is 6.20 Å². The summed E-state index contributed by atoms with van der Waals surface area (Å²) in [4.78, 5) is 19.6. The van der Waals surface area contributed by atoms with E-state index in [0.29, 0.717) is 5.56 Å². The van der Waals surface area contributed by atoms with Gasteiger partial charge in [0, 0.05) is 12.4 Å². The maximum Gasteiger partial charge on any atom is 0.276 e. The lowest BCUT2D eigenvalue weighted by Crippen LogP contribution is -2.25. The molecular formula is C8H10N2O3. The summed E-state index contributed by atoms with van der Waals surface area (Å²) < 4.78 is 0. The number of amides is 1. The lowest BCUT2D eigenvalue weighted by molar-refractivity contribution is 0.0168. The third-order valence-corrected chi connectivity index (χ3v) is 1.28. The summed E-state index contributed by atoms with van der Waals surface area (Å²) in [6.07, 6.45) is 3.00. The predicted octanol–water partition coefficient (Wildman–Crippen LogP) is -0.265. The first-order valence-electron chi connectivity index (χ1n) is 3.77. The van der Waals surface area contributed by atoms with E-state index in [2.05, 4.69) is 15.3 Å². The van der Waals surface area contributed by atoms with Gasteiger partial charge in [-0.05, 0) is 12.1 Å². The van der Waals surface area contributed by atoms with Crippen molar-refractivity contribution in [2.45, 2.75) is 0 Å². The average Bonchev–Trinajstić information content (AvgIpc) is 2.19. The van der Waals surface area contributed by atoms with E-state index >= 15 is 0 Å². The van der Waals surface area contributed by atoms with Gasteiger partial charge < -0.3 is 5.11 Å². The molecule has 0 spiro atoms. The zero-order chi connectivity index (χ0) is 9.52. The Labute approximate surface area is 75.3 Å². The van der Waals surface area contributed by atoms with Crippen molar-refractivity contribution < 1.29 is 14.7 Å². The van der Waals surface area contributed by atoms with E-state index < -0.39 is 0 Å². The molecule has 1 aromatic rings. The normalized spacial score (nSPS) is 9.62.